The van der Waals surface area contributed by atoms with E-state index in [9.17, 15) is 24.0 Å². The van der Waals surface area contributed by atoms with Crippen molar-refractivity contribution in [3.05, 3.63) is 296 Å². The van der Waals surface area contributed by atoms with Crippen LogP contribution in [0.2, 0.25) is 0 Å². The highest BCUT2D eigenvalue weighted by molar-refractivity contribution is 6.59. The number of amides is 2. The number of ether oxygens (including phenoxy) is 3. The van der Waals surface area contributed by atoms with E-state index in [1.807, 2.05) is 127 Å². The number of aromatic nitrogens is 1. The molecule has 0 radical (unpaired) electrons. The minimum absolute atomic E-state index is 0.0000776. The molecule has 2 amide bonds. The van der Waals surface area contributed by atoms with Crippen molar-refractivity contribution in [2.75, 3.05) is 9.80 Å². The number of anilines is 4. The molecule has 0 aliphatic carbocycles. The predicted octanol–water partition coefficient (Wildman–Crippen LogP) is 16.6. The number of benzene rings is 9. The highest BCUT2D eigenvalue weighted by atomic mass is 19.2. The van der Waals surface area contributed by atoms with Gasteiger partial charge in [0, 0.05) is 58.2 Å². The molecule has 0 unspecified atom stereocenters. The molecule has 0 bridgehead atoms. The van der Waals surface area contributed by atoms with Crippen LogP contribution < -0.4 is 14.5 Å². The zero-order valence-corrected chi connectivity index (χ0v) is 51.6. The van der Waals surface area contributed by atoms with Crippen molar-refractivity contribution in [1.82, 2.24) is 4.48 Å². The molecule has 0 saturated carbocycles. The summed E-state index contributed by atoms with van der Waals surface area (Å²) in [6.07, 6.45) is 0.956. The van der Waals surface area contributed by atoms with Crippen LogP contribution in [0.25, 0.3) is 27.5 Å². The largest absolute Gasteiger partial charge is 0.737 e. The average molecular weight is 1220 g/mol. The summed E-state index contributed by atoms with van der Waals surface area (Å²) in [5.74, 6) is -2.60. The van der Waals surface area contributed by atoms with E-state index >= 15 is 8.63 Å². The van der Waals surface area contributed by atoms with Gasteiger partial charge in [-0.2, -0.15) is 0 Å². The summed E-state index contributed by atoms with van der Waals surface area (Å²) in [6, 6.07) is 66.7. The maximum atomic E-state index is 17.8. The normalized spacial score (nSPS) is 14.0. The summed E-state index contributed by atoms with van der Waals surface area (Å²) in [4.78, 5) is 74.0. The molecule has 92 heavy (non-hydrogen) atoms. The SMILES string of the molecule is CC1=C(C(=O)OCc2ccccc2)C(C)=[N+]2C1=C(c1c(C)cc(OC(=O)CCCc3ccc(N4C(=O)c5cccc6c(-c7ccc(N(c8ccccc8)c8ccccc8)cc7)ccc(c56)C4=O)cc3)cc1C)c1c(C)c(C(=O)OCc3ccccc3)c(C)n1[B-]2(F)F. The van der Waals surface area contributed by atoms with Crippen molar-refractivity contribution in [3.63, 3.8) is 0 Å². The lowest BCUT2D eigenvalue weighted by atomic mass is 9.81. The van der Waals surface area contributed by atoms with Gasteiger partial charge in [-0.25, -0.2) is 14.5 Å². The van der Waals surface area contributed by atoms with E-state index in [0.29, 0.717) is 57.3 Å². The number of aryl methyl sites for hydroxylation is 3. The number of para-hydroxylation sites is 2. The number of hydrogen-bond donors (Lipinski definition) is 0. The third-order valence-corrected chi connectivity index (χ3v) is 17.7. The molecule has 12 nitrogen and oxygen atoms in total. The minimum atomic E-state index is -4.73. The molecule has 3 aliphatic rings. The predicted molar refractivity (Wildman–Crippen MR) is 355 cm³/mol. The fraction of sp³-hybridized carbons (Fsp3) is 0.143. The molecule has 0 fully saturated rings. The summed E-state index contributed by atoms with van der Waals surface area (Å²) in [5, 5.41) is 1.41. The molecule has 0 atom stereocenters. The molecule has 10 aromatic rings. The number of halogens is 2. The lowest BCUT2D eigenvalue weighted by Crippen LogP contribution is -2.52. The molecule has 15 heteroatoms. The summed E-state index contributed by atoms with van der Waals surface area (Å²) >= 11 is 0. The van der Waals surface area contributed by atoms with Crippen molar-refractivity contribution < 1.29 is 51.3 Å². The van der Waals surface area contributed by atoms with Crippen LogP contribution in [0.3, 0.4) is 0 Å². The van der Waals surface area contributed by atoms with E-state index in [4.69, 9.17) is 14.2 Å². The third-order valence-electron chi connectivity index (χ3n) is 17.7. The van der Waals surface area contributed by atoms with Gasteiger partial charge in [-0.1, -0.05) is 140 Å². The third kappa shape index (κ3) is 10.7. The molecule has 9 aromatic carbocycles. The molecule has 0 saturated heterocycles. The highest BCUT2D eigenvalue weighted by Gasteiger charge is 2.58. The Balaban J connectivity index is 0.718. The number of rotatable bonds is 17. The molecule has 13 rings (SSSR count). The van der Waals surface area contributed by atoms with Gasteiger partial charge in [0.25, 0.3) is 11.8 Å². The summed E-state index contributed by atoms with van der Waals surface area (Å²) in [5.41, 5.74) is 11.3. The van der Waals surface area contributed by atoms with E-state index in [1.54, 1.807) is 64.1 Å². The van der Waals surface area contributed by atoms with Gasteiger partial charge in [0.05, 0.1) is 16.8 Å². The van der Waals surface area contributed by atoms with E-state index in [2.05, 4.69) is 53.4 Å². The molecular weight excluding hydrogens is 1160 g/mol. The minimum Gasteiger partial charge on any atom is -0.457 e. The molecular formula is C77H63BF2N4O8. The molecule has 0 N–H and O–H groups in total. The van der Waals surface area contributed by atoms with Crippen LogP contribution in [0.1, 0.15) is 108 Å². The fourth-order valence-electron chi connectivity index (χ4n) is 13.5. The first-order chi connectivity index (χ1) is 44.5. The van der Waals surface area contributed by atoms with E-state index in [1.165, 1.54) is 18.7 Å². The summed E-state index contributed by atoms with van der Waals surface area (Å²) in [6.45, 7) is 4.96. The van der Waals surface area contributed by atoms with Crippen LogP contribution in [-0.2, 0) is 38.7 Å². The molecule has 3 aliphatic heterocycles. The average Bonchev–Trinajstić information content (AvgIpc) is 1.48. The van der Waals surface area contributed by atoms with Crippen molar-refractivity contribution in [2.24, 2.45) is 0 Å². The first-order valence-corrected chi connectivity index (χ1v) is 30.6. The van der Waals surface area contributed by atoms with Gasteiger partial charge in [0.15, 0.2) is 5.70 Å². The van der Waals surface area contributed by atoms with E-state index in [0.717, 1.165) is 59.2 Å². The quantitative estimate of drug-likeness (QED) is 0.0379. The number of esters is 3. The number of nitrogens with zero attached hydrogens (tertiary/aromatic N) is 4. The van der Waals surface area contributed by atoms with Gasteiger partial charge in [-0.15, -0.1) is 0 Å². The zero-order chi connectivity index (χ0) is 64.1. The monoisotopic (exact) mass is 1220 g/mol. The number of carbonyl (C=O) groups is 5. The van der Waals surface area contributed by atoms with Crippen molar-refractivity contribution in [2.45, 2.75) is 74.0 Å². The van der Waals surface area contributed by atoms with Crippen molar-refractivity contribution >= 4 is 81.5 Å². The second-order valence-corrected chi connectivity index (χ2v) is 23.5. The molecule has 0 spiro atoms. The van der Waals surface area contributed by atoms with Gasteiger partial charge in [-0.3, -0.25) is 14.4 Å². The number of allylic oxidation sites excluding steroid dienone is 1. The maximum Gasteiger partial charge on any atom is 0.737 e. The zero-order valence-electron chi connectivity index (χ0n) is 51.6. The van der Waals surface area contributed by atoms with Gasteiger partial charge in [-0.05, 0) is 181 Å². The van der Waals surface area contributed by atoms with Gasteiger partial charge >= 0.3 is 24.9 Å². The van der Waals surface area contributed by atoms with Crippen LogP contribution >= 0.6 is 0 Å². The van der Waals surface area contributed by atoms with Gasteiger partial charge < -0.3 is 36.7 Å². The molecule has 4 heterocycles. The van der Waals surface area contributed by atoms with Crippen molar-refractivity contribution in [3.8, 4) is 16.9 Å². The summed E-state index contributed by atoms with van der Waals surface area (Å²) in [7, 11) is 0. The Morgan fingerprint density at radius 3 is 1.68 bits per heavy atom. The van der Waals surface area contributed by atoms with Gasteiger partial charge in [0.1, 0.15) is 30.2 Å². The lowest BCUT2D eigenvalue weighted by Gasteiger charge is -2.34. The first kappa shape index (κ1) is 59.9. The highest BCUT2D eigenvalue weighted by Crippen LogP contribution is 2.49. The number of fused-ring (bicyclic) bond motifs is 2. The smallest absolute Gasteiger partial charge is 0.457 e. The van der Waals surface area contributed by atoms with E-state index < -0.39 is 36.7 Å². The first-order valence-electron chi connectivity index (χ1n) is 30.6. The second-order valence-electron chi connectivity index (χ2n) is 23.5. The maximum absolute atomic E-state index is 17.8. The Labute approximate surface area is 531 Å². The Hall–Kier alpha value is -11.1. The van der Waals surface area contributed by atoms with Gasteiger partial charge in [0.2, 0.25) is 0 Å². The molecule has 1 aromatic heterocycles. The van der Waals surface area contributed by atoms with Crippen molar-refractivity contribution in [1.29, 1.82) is 0 Å². The Kier molecular flexibility index (Phi) is 15.9. The topological polar surface area (TPSA) is 127 Å². The second kappa shape index (κ2) is 24.4. The Morgan fingerprint density at radius 2 is 1.10 bits per heavy atom. The summed E-state index contributed by atoms with van der Waals surface area (Å²) < 4.78 is 54.9. The number of hydrogen-bond acceptors (Lipinski definition) is 9. The van der Waals surface area contributed by atoms with Crippen LogP contribution in [0.15, 0.2) is 229 Å². The Morgan fingerprint density at radius 1 is 0.565 bits per heavy atom. The Bertz CT molecular complexity index is 4670. The number of imide groups is 1. The standard InChI is InChI=1S/C77H63BF2N4O8/c1-47-43-61(44-48(2)67(47)71-72-49(3)68(76(88)90-45-54-21-11-7-12-22-54)51(5)83(72)78(79,80)84-52(6)69(50(4)73(71)84)77(89)91-46-55-23-13-8-14-24-55)92-66(85)32-19-25-53-33-37-60(38-34-53)82-74(86)64-31-20-30-63-62(41-42-65(70(63)64)75(82)87)56-35-39-59(40-36-56)81(57-26-15-9-16-27-57)58-28-17-10-18-29-58/h7-18,20-24,26-31,33-44H,19,25,32,45-46H2,1-6H3. The van der Waals surface area contributed by atoms with Crippen LogP contribution in [-0.4, -0.2) is 51.4 Å². The van der Waals surface area contributed by atoms with Crippen LogP contribution in [0.4, 0.5) is 31.4 Å². The molecule has 456 valence electrons. The number of carbonyl (C=O) groups excluding carboxylic acids is 5. The van der Waals surface area contributed by atoms with E-state index in [-0.39, 0.29) is 70.5 Å². The lowest BCUT2D eigenvalue weighted by molar-refractivity contribution is -0.363. The van der Waals surface area contributed by atoms with Crippen LogP contribution in [0, 0.1) is 27.7 Å². The van der Waals surface area contributed by atoms with Crippen LogP contribution in [0.5, 0.6) is 5.75 Å². The fourth-order valence-corrected chi connectivity index (χ4v) is 13.5.